The number of para-hydroxylation sites is 2. The summed E-state index contributed by atoms with van der Waals surface area (Å²) in [7, 11) is 0. The number of rotatable bonds is 13. The van der Waals surface area contributed by atoms with Crippen molar-refractivity contribution in [2.75, 3.05) is 9.80 Å². The SMILES string of the molecule is c1ccc(N(c2cccc(-c3cccc(-c4ccc5c(c4)c4ccccc4n5-c4cccc5ccccc45)c3)c2)c2ccc3c(c2)C2(c4ccccc4-c4cc(-c5ccc6c7cc(-c8cccc(-c9cccc(N(c%10ccc%11c(c%10)C%10(c%12ccccc%12-c%12ccccc%12%10)c%10ccccc%10-%11)c%10cccc%11ccccc%10%11)c9)c8)ccc7n(-c7cccc8ccccc78)c6c5)ccc42)c2ccccc2-3)cc1. The first-order valence-corrected chi connectivity index (χ1v) is 48.0. The zero-order chi connectivity index (χ0) is 90.4. The van der Waals surface area contributed by atoms with Crippen molar-refractivity contribution in [2.24, 2.45) is 0 Å². The minimum atomic E-state index is -0.629. The second kappa shape index (κ2) is 30.3. The highest BCUT2D eigenvalue weighted by molar-refractivity contribution is 6.15. The molecule has 4 aliphatic carbocycles. The van der Waals surface area contributed by atoms with Crippen LogP contribution in [0.1, 0.15) is 44.5 Å². The summed E-state index contributed by atoms with van der Waals surface area (Å²) in [5.41, 5.74) is 44.6. The Hall–Kier alpha value is -18.0. The number of benzene rings is 23. The fraction of sp³-hybridized carbons (Fsp3) is 0.0149. The van der Waals surface area contributed by atoms with Crippen LogP contribution in [0.4, 0.5) is 34.1 Å². The first-order chi connectivity index (χ1) is 68.4. The van der Waals surface area contributed by atoms with Crippen molar-refractivity contribution in [3.8, 4) is 112 Å². The van der Waals surface area contributed by atoms with Gasteiger partial charge in [-0.1, -0.05) is 376 Å². The minimum Gasteiger partial charge on any atom is -0.310 e. The van der Waals surface area contributed by atoms with Gasteiger partial charge in [-0.25, -0.2) is 0 Å². The van der Waals surface area contributed by atoms with Crippen molar-refractivity contribution < 1.29 is 0 Å². The highest BCUT2D eigenvalue weighted by Gasteiger charge is 2.54. The van der Waals surface area contributed by atoms with Crippen LogP contribution in [-0.4, -0.2) is 9.13 Å². The van der Waals surface area contributed by atoms with Gasteiger partial charge in [-0.15, -0.1) is 0 Å². The zero-order valence-corrected chi connectivity index (χ0v) is 75.3. The summed E-state index contributed by atoms with van der Waals surface area (Å²) in [6, 6.07) is 192. The molecule has 0 saturated carbocycles. The monoisotopic (exact) mass is 1750 g/mol. The van der Waals surface area contributed by atoms with Crippen molar-refractivity contribution in [1.29, 1.82) is 0 Å². The molecule has 23 aromatic carbocycles. The van der Waals surface area contributed by atoms with Gasteiger partial charge in [-0.05, 0) is 294 Å². The van der Waals surface area contributed by atoms with E-state index < -0.39 is 10.8 Å². The third kappa shape index (κ3) is 11.4. The number of anilines is 6. The van der Waals surface area contributed by atoms with Crippen molar-refractivity contribution in [3.05, 3.63) is 554 Å². The molecule has 0 aliphatic heterocycles. The Bertz CT molecular complexity index is 9390. The zero-order valence-electron chi connectivity index (χ0n) is 75.3. The van der Waals surface area contributed by atoms with Crippen LogP contribution in [0.2, 0.25) is 0 Å². The van der Waals surface area contributed by atoms with E-state index in [0.29, 0.717) is 0 Å². The maximum atomic E-state index is 2.53. The molecule has 0 fully saturated rings. The summed E-state index contributed by atoms with van der Waals surface area (Å²) in [5, 5.41) is 12.1. The van der Waals surface area contributed by atoms with Crippen LogP contribution in [-0.2, 0) is 10.8 Å². The molecule has 29 rings (SSSR count). The molecule has 640 valence electrons. The molecule has 1 unspecified atom stereocenters. The maximum absolute atomic E-state index is 2.53. The number of aromatic nitrogens is 2. The molecular weight excluding hydrogens is 1670 g/mol. The molecule has 4 aliphatic rings. The normalized spacial score (nSPS) is 13.7. The molecule has 138 heavy (non-hydrogen) atoms. The second-order valence-electron chi connectivity index (χ2n) is 37.6. The van der Waals surface area contributed by atoms with Crippen LogP contribution in [0.3, 0.4) is 0 Å². The van der Waals surface area contributed by atoms with Gasteiger partial charge in [0.2, 0.25) is 0 Å². The van der Waals surface area contributed by atoms with Gasteiger partial charge in [0.25, 0.3) is 0 Å². The summed E-state index contributed by atoms with van der Waals surface area (Å²) in [4.78, 5) is 4.96. The van der Waals surface area contributed by atoms with Crippen LogP contribution in [0.15, 0.2) is 510 Å². The van der Waals surface area contributed by atoms with Gasteiger partial charge in [-0.3, -0.25) is 0 Å². The van der Waals surface area contributed by atoms with Crippen molar-refractivity contribution in [2.45, 2.75) is 10.8 Å². The molecule has 4 heteroatoms. The number of hydrogen-bond acceptors (Lipinski definition) is 2. The van der Waals surface area contributed by atoms with E-state index >= 15 is 0 Å². The standard InChI is InChI=1S/C134H84N4/c1-2-41-98(42-3-1)135(99-43-24-39-92(77-99)88-35-22-37-90(75-88)95-65-73-130-116(80-95)113-53-15-21-59-129(113)137(130)127-61-27-33-86-30-5-8-46-104(86)127)101-67-70-111-109-51-13-19-57-121(109)134(124(111)83-101)122-58-20-14-52-110(122)115-79-94(64-72-123(115)134)97-63-69-114-117-81-96(66-74-131(117)138(132(114)82-97)128-62-28-34-87-31-6-9-47-105(87)128)91-38-23-36-89(76-91)93-40-25-44-100(78-93)136(126-60-26-32-85-29-4-7-45-103(85)126)102-68-71-112-108-50-12-18-56-120(108)133(125(112)84-102)118-54-16-10-48-106(118)107-49-11-17-55-119(107)133/h1-84H. The van der Waals surface area contributed by atoms with E-state index in [1.807, 2.05) is 0 Å². The highest BCUT2D eigenvalue weighted by Crippen LogP contribution is 2.66. The van der Waals surface area contributed by atoms with Crippen LogP contribution < -0.4 is 9.80 Å². The van der Waals surface area contributed by atoms with Crippen LogP contribution in [0.5, 0.6) is 0 Å². The maximum Gasteiger partial charge on any atom is 0.0726 e. The number of nitrogens with zero attached hydrogens (tertiary/aromatic N) is 4. The molecule has 0 amide bonds. The van der Waals surface area contributed by atoms with Crippen LogP contribution in [0, 0.1) is 0 Å². The van der Waals surface area contributed by atoms with Crippen LogP contribution in [0.25, 0.3) is 187 Å². The van der Waals surface area contributed by atoms with Crippen molar-refractivity contribution in [3.63, 3.8) is 0 Å². The highest BCUT2D eigenvalue weighted by atomic mass is 15.2. The summed E-state index contributed by atoms with van der Waals surface area (Å²) in [5.74, 6) is 0. The van der Waals surface area contributed by atoms with Crippen LogP contribution >= 0.6 is 0 Å². The summed E-state index contributed by atoms with van der Waals surface area (Å²) < 4.78 is 4.97. The molecule has 0 saturated heterocycles. The minimum absolute atomic E-state index is 0.498. The van der Waals surface area contributed by atoms with E-state index in [2.05, 4.69) is 529 Å². The van der Waals surface area contributed by atoms with Gasteiger partial charge >= 0.3 is 0 Å². The predicted octanol–water partition coefficient (Wildman–Crippen LogP) is 35.3. The molecule has 0 radical (unpaired) electrons. The van der Waals surface area contributed by atoms with E-state index in [9.17, 15) is 0 Å². The van der Waals surface area contributed by atoms with Gasteiger partial charge in [0, 0.05) is 66.1 Å². The summed E-state index contributed by atoms with van der Waals surface area (Å²) in [6.45, 7) is 0. The van der Waals surface area contributed by atoms with Gasteiger partial charge in [0.05, 0.1) is 50.0 Å². The lowest BCUT2D eigenvalue weighted by Crippen LogP contribution is -2.26. The molecule has 0 N–H and O–H groups in total. The Morgan fingerprint density at radius 1 is 0.145 bits per heavy atom. The smallest absolute Gasteiger partial charge is 0.0726 e. The fourth-order valence-electron chi connectivity index (χ4n) is 24.8. The van der Waals surface area contributed by atoms with E-state index in [-0.39, 0.29) is 0 Å². The molecule has 2 spiro atoms. The Morgan fingerprint density at radius 3 is 0.986 bits per heavy atom. The van der Waals surface area contributed by atoms with Gasteiger partial charge < -0.3 is 18.9 Å². The van der Waals surface area contributed by atoms with E-state index in [1.165, 1.54) is 171 Å². The first-order valence-electron chi connectivity index (χ1n) is 48.0. The average Bonchev–Trinajstić information content (AvgIpc) is 1.51. The van der Waals surface area contributed by atoms with E-state index in [0.717, 1.165) is 95.4 Å². The van der Waals surface area contributed by atoms with Crippen molar-refractivity contribution in [1.82, 2.24) is 9.13 Å². The van der Waals surface area contributed by atoms with E-state index in [4.69, 9.17) is 0 Å². The molecule has 2 heterocycles. The first kappa shape index (κ1) is 77.6. The molecule has 4 nitrogen and oxygen atoms in total. The lowest BCUT2D eigenvalue weighted by molar-refractivity contribution is 0.793. The number of fused-ring (bicyclic) bond motifs is 29. The second-order valence-corrected chi connectivity index (χ2v) is 37.6. The average molecular weight is 1750 g/mol. The fourth-order valence-corrected chi connectivity index (χ4v) is 24.8. The molecule has 25 aromatic rings. The molecule has 1 atom stereocenters. The Balaban J connectivity index is 0.525. The largest absolute Gasteiger partial charge is 0.310 e. The topological polar surface area (TPSA) is 16.3 Å². The quantitative estimate of drug-likeness (QED) is 0.114. The van der Waals surface area contributed by atoms with Gasteiger partial charge in [0.15, 0.2) is 0 Å². The lowest BCUT2D eigenvalue weighted by Gasteiger charge is -2.32. The molecule has 0 bridgehead atoms. The summed E-state index contributed by atoms with van der Waals surface area (Å²) in [6.07, 6.45) is 0. The third-order valence-corrected chi connectivity index (χ3v) is 30.6. The Kier molecular flexibility index (Phi) is 17.0. The van der Waals surface area contributed by atoms with Gasteiger partial charge in [0.1, 0.15) is 0 Å². The lowest BCUT2D eigenvalue weighted by atomic mass is 9.70. The number of hydrogen-bond donors (Lipinski definition) is 0. The Labute approximate surface area is 799 Å². The van der Waals surface area contributed by atoms with Crippen molar-refractivity contribution >= 4 is 110 Å². The summed E-state index contributed by atoms with van der Waals surface area (Å²) >= 11 is 0. The van der Waals surface area contributed by atoms with E-state index in [1.54, 1.807) is 0 Å². The van der Waals surface area contributed by atoms with Gasteiger partial charge in [-0.2, -0.15) is 0 Å². The predicted molar refractivity (Wildman–Crippen MR) is 577 cm³/mol. The third-order valence-electron chi connectivity index (χ3n) is 30.6. The molecular formula is C134H84N4. The Morgan fingerprint density at radius 2 is 0.464 bits per heavy atom. The molecule has 2 aromatic heterocycles.